The number of aryl methyl sites for hydroxylation is 2. The minimum absolute atomic E-state index is 0.107. The van der Waals surface area contributed by atoms with Crippen molar-refractivity contribution in [2.45, 2.75) is 13.8 Å². The van der Waals surface area contributed by atoms with E-state index in [2.05, 4.69) is 18.0 Å². The van der Waals surface area contributed by atoms with E-state index < -0.39 is 0 Å². The first-order valence-electron chi connectivity index (χ1n) is 6.63. The highest BCUT2D eigenvalue weighted by Crippen LogP contribution is 2.24. The molecular formula is C15H18N2O2. The van der Waals surface area contributed by atoms with Gasteiger partial charge in [-0.1, -0.05) is 12.1 Å². The molecule has 4 nitrogen and oxygen atoms in total. The second kappa shape index (κ2) is 4.70. The van der Waals surface area contributed by atoms with E-state index in [1.165, 1.54) is 5.56 Å². The molecule has 0 spiro atoms. The van der Waals surface area contributed by atoms with E-state index >= 15 is 0 Å². The molecule has 4 heteroatoms. The van der Waals surface area contributed by atoms with E-state index in [1.54, 1.807) is 0 Å². The summed E-state index contributed by atoms with van der Waals surface area (Å²) < 4.78 is 5.30. The van der Waals surface area contributed by atoms with E-state index in [1.807, 2.05) is 24.0 Å². The zero-order valence-electron chi connectivity index (χ0n) is 11.3. The number of H-pyrrole nitrogens is 1. The molecule has 0 unspecified atom stereocenters. The van der Waals surface area contributed by atoms with Crippen molar-refractivity contribution in [3.63, 3.8) is 0 Å². The molecule has 100 valence electrons. The summed E-state index contributed by atoms with van der Waals surface area (Å²) in [7, 11) is 0. The van der Waals surface area contributed by atoms with Crippen LogP contribution in [-0.2, 0) is 4.74 Å². The Morgan fingerprint density at radius 2 is 2.00 bits per heavy atom. The number of hydrogen-bond acceptors (Lipinski definition) is 2. The van der Waals surface area contributed by atoms with E-state index in [9.17, 15) is 4.79 Å². The minimum Gasteiger partial charge on any atom is -0.378 e. The van der Waals surface area contributed by atoms with Crippen molar-refractivity contribution in [1.82, 2.24) is 9.88 Å². The number of rotatable bonds is 1. The Hall–Kier alpha value is -1.81. The molecule has 1 N–H and O–H groups in total. The Balaban J connectivity index is 2.03. The predicted molar refractivity (Wildman–Crippen MR) is 74.5 cm³/mol. The van der Waals surface area contributed by atoms with Crippen molar-refractivity contribution < 1.29 is 9.53 Å². The van der Waals surface area contributed by atoms with E-state index in [4.69, 9.17) is 4.74 Å². The first kappa shape index (κ1) is 12.2. The van der Waals surface area contributed by atoms with Gasteiger partial charge in [0.25, 0.3) is 5.91 Å². The second-order valence-electron chi connectivity index (χ2n) is 5.08. The lowest BCUT2D eigenvalue weighted by Crippen LogP contribution is -2.40. The maximum absolute atomic E-state index is 12.6. The average molecular weight is 258 g/mol. The molecule has 19 heavy (non-hydrogen) atoms. The first-order valence-corrected chi connectivity index (χ1v) is 6.63. The van der Waals surface area contributed by atoms with Crippen molar-refractivity contribution in [1.29, 1.82) is 0 Å². The lowest BCUT2D eigenvalue weighted by molar-refractivity contribution is 0.0303. The molecule has 0 saturated carbocycles. The van der Waals surface area contributed by atoms with Crippen LogP contribution in [0, 0.1) is 13.8 Å². The van der Waals surface area contributed by atoms with Gasteiger partial charge in [0, 0.05) is 29.7 Å². The summed E-state index contributed by atoms with van der Waals surface area (Å²) in [5.41, 5.74) is 3.97. The predicted octanol–water partition coefficient (Wildman–Crippen LogP) is 2.26. The fourth-order valence-electron chi connectivity index (χ4n) is 2.65. The van der Waals surface area contributed by atoms with Crippen molar-refractivity contribution in [2.24, 2.45) is 0 Å². The normalized spacial score (nSPS) is 16.0. The molecule has 1 saturated heterocycles. The van der Waals surface area contributed by atoms with Crippen molar-refractivity contribution in [2.75, 3.05) is 26.3 Å². The second-order valence-corrected chi connectivity index (χ2v) is 5.08. The SMILES string of the molecule is Cc1ccc2c(C(=O)N3CCOCC3)c(C)[nH]c2c1. The van der Waals surface area contributed by atoms with Gasteiger partial charge in [0.15, 0.2) is 0 Å². The molecule has 1 aliphatic heterocycles. The fourth-order valence-corrected chi connectivity index (χ4v) is 2.65. The van der Waals surface area contributed by atoms with Gasteiger partial charge in [-0.15, -0.1) is 0 Å². The van der Waals surface area contributed by atoms with Crippen LogP contribution in [0.2, 0.25) is 0 Å². The molecule has 1 amide bonds. The first-order chi connectivity index (χ1) is 9.16. The lowest BCUT2D eigenvalue weighted by Gasteiger charge is -2.27. The van der Waals surface area contributed by atoms with Crippen molar-refractivity contribution >= 4 is 16.8 Å². The van der Waals surface area contributed by atoms with Crippen LogP contribution in [0.1, 0.15) is 21.6 Å². The summed E-state index contributed by atoms with van der Waals surface area (Å²) in [4.78, 5) is 17.8. The van der Waals surface area contributed by atoms with Gasteiger partial charge in [-0.3, -0.25) is 4.79 Å². The monoisotopic (exact) mass is 258 g/mol. The number of aromatic nitrogens is 1. The molecular weight excluding hydrogens is 240 g/mol. The number of carbonyl (C=O) groups is 1. The third kappa shape index (κ3) is 2.12. The zero-order chi connectivity index (χ0) is 13.4. The summed E-state index contributed by atoms with van der Waals surface area (Å²) in [5, 5.41) is 1.01. The highest BCUT2D eigenvalue weighted by Gasteiger charge is 2.23. The van der Waals surface area contributed by atoms with Crippen LogP contribution in [-0.4, -0.2) is 42.1 Å². The summed E-state index contributed by atoms with van der Waals surface area (Å²) in [6, 6.07) is 6.16. The van der Waals surface area contributed by atoms with Crippen LogP contribution < -0.4 is 0 Å². The van der Waals surface area contributed by atoms with Crippen LogP contribution in [0.15, 0.2) is 18.2 Å². The molecule has 2 aromatic rings. The number of nitrogens with one attached hydrogen (secondary N) is 1. The lowest BCUT2D eigenvalue weighted by atomic mass is 10.1. The van der Waals surface area contributed by atoms with Crippen molar-refractivity contribution in [3.8, 4) is 0 Å². The van der Waals surface area contributed by atoms with E-state index in [-0.39, 0.29) is 5.91 Å². The number of ether oxygens (including phenoxy) is 1. The third-order valence-corrected chi connectivity index (χ3v) is 3.65. The van der Waals surface area contributed by atoms with Crippen LogP contribution in [0.25, 0.3) is 10.9 Å². The Bertz CT molecular complexity index is 624. The van der Waals surface area contributed by atoms with Gasteiger partial charge in [0.1, 0.15) is 0 Å². The summed E-state index contributed by atoms with van der Waals surface area (Å²) in [5.74, 6) is 0.107. The van der Waals surface area contributed by atoms with E-state index in [0.717, 1.165) is 22.2 Å². The number of nitrogens with zero attached hydrogens (tertiary/aromatic N) is 1. The summed E-state index contributed by atoms with van der Waals surface area (Å²) in [6.07, 6.45) is 0. The number of aromatic amines is 1. The Labute approximate surface area is 112 Å². The Morgan fingerprint density at radius 1 is 1.26 bits per heavy atom. The van der Waals surface area contributed by atoms with Crippen LogP contribution in [0.3, 0.4) is 0 Å². The van der Waals surface area contributed by atoms with Gasteiger partial charge >= 0.3 is 0 Å². The van der Waals surface area contributed by atoms with E-state index in [0.29, 0.717) is 26.3 Å². The van der Waals surface area contributed by atoms with Gasteiger partial charge in [-0.05, 0) is 25.5 Å². The molecule has 1 aromatic carbocycles. The number of carbonyl (C=O) groups excluding carboxylic acids is 1. The number of hydrogen-bond donors (Lipinski definition) is 1. The van der Waals surface area contributed by atoms with Gasteiger partial charge < -0.3 is 14.6 Å². The molecule has 0 aliphatic carbocycles. The maximum Gasteiger partial charge on any atom is 0.256 e. The fraction of sp³-hybridized carbons (Fsp3) is 0.400. The Kier molecular flexibility index (Phi) is 3.03. The standard InChI is InChI=1S/C15H18N2O2/c1-10-3-4-12-13(9-10)16-11(2)14(12)15(18)17-5-7-19-8-6-17/h3-4,9,16H,5-8H2,1-2H3. The number of benzene rings is 1. The van der Waals surface area contributed by atoms with Gasteiger partial charge in [-0.2, -0.15) is 0 Å². The number of morpholine rings is 1. The largest absolute Gasteiger partial charge is 0.378 e. The third-order valence-electron chi connectivity index (χ3n) is 3.65. The van der Waals surface area contributed by atoms with Gasteiger partial charge in [-0.25, -0.2) is 0 Å². The van der Waals surface area contributed by atoms with Crippen LogP contribution in [0.4, 0.5) is 0 Å². The smallest absolute Gasteiger partial charge is 0.256 e. The Morgan fingerprint density at radius 3 is 2.74 bits per heavy atom. The highest BCUT2D eigenvalue weighted by molar-refractivity contribution is 6.08. The number of amides is 1. The van der Waals surface area contributed by atoms with Crippen molar-refractivity contribution in [3.05, 3.63) is 35.0 Å². The molecule has 2 heterocycles. The number of fused-ring (bicyclic) bond motifs is 1. The molecule has 1 fully saturated rings. The highest BCUT2D eigenvalue weighted by atomic mass is 16.5. The minimum atomic E-state index is 0.107. The van der Waals surface area contributed by atoms with Crippen LogP contribution >= 0.6 is 0 Å². The quantitative estimate of drug-likeness (QED) is 0.852. The van der Waals surface area contributed by atoms with Crippen LogP contribution in [0.5, 0.6) is 0 Å². The molecule has 1 aromatic heterocycles. The molecule has 0 bridgehead atoms. The molecule has 1 aliphatic rings. The van der Waals surface area contributed by atoms with Gasteiger partial charge in [0.2, 0.25) is 0 Å². The average Bonchev–Trinajstić information content (AvgIpc) is 2.74. The molecule has 3 rings (SSSR count). The molecule has 0 radical (unpaired) electrons. The summed E-state index contributed by atoms with van der Waals surface area (Å²) >= 11 is 0. The molecule has 0 atom stereocenters. The zero-order valence-corrected chi connectivity index (χ0v) is 11.3. The van der Waals surface area contributed by atoms with Gasteiger partial charge in [0.05, 0.1) is 18.8 Å². The topological polar surface area (TPSA) is 45.3 Å². The summed E-state index contributed by atoms with van der Waals surface area (Å²) in [6.45, 7) is 6.63. The maximum atomic E-state index is 12.6.